The standard InChI is InChI=1S/C17H16N2O2S/c1-10-5-11(2)7-13(6-10)18-17(21)12-3-4-15-14(8-12)19-16(20)9-22-15/h3-8H,9H2,1-2H3,(H,18,21)(H,19,20). The largest absolute Gasteiger partial charge is 0.324 e. The van der Waals surface area contributed by atoms with Gasteiger partial charge in [0.1, 0.15) is 0 Å². The predicted molar refractivity (Wildman–Crippen MR) is 89.7 cm³/mol. The first-order valence-electron chi connectivity index (χ1n) is 6.97. The van der Waals surface area contributed by atoms with Crippen molar-refractivity contribution in [1.82, 2.24) is 0 Å². The Morgan fingerprint density at radius 1 is 1.14 bits per heavy atom. The number of aryl methyl sites for hydroxylation is 2. The Morgan fingerprint density at radius 3 is 2.59 bits per heavy atom. The van der Waals surface area contributed by atoms with E-state index in [0.717, 1.165) is 21.7 Å². The molecule has 2 N–H and O–H groups in total. The minimum atomic E-state index is -0.183. The summed E-state index contributed by atoms with van der Waals surface area (Å²) in [6, 6.07) is 11.3. The van der Waals surface area contributed by atoms with E-state index in [2.05, 4.69) is 16.7 Å². The third-order valence-electron chi connectivity index (χ3n) is 3.35. The van der Waals surface area contributed by atoms with Crippen LogP contribution in [0.5, 0.6) is 0 Å². The summed E-state index contributed by atoms with van der Waals surface area (Å²) >= 11 is 1.48. The molecule has 0 aromatic heterocycles. The molecule has 1 heterocycles. The van der Waals surface area contributed by atoms with Gasteiger partial charge in [0.05, 0.1) is 11.4 Å². The maximum absolute atomic E-state index is 12.4. The fraction of sp³-hybridized carbons (Fsp3) is 0.176. The van der Waals surface area contributed by atoms with Gasteiger partial charge in [0.15, 0.2) is 0 Å². The highest BCUT2D eigenvalue weighted by Gasteiger charge is 2.17. The average molecular weight is 312 g/mol. The molecule has 5 heteroatoms. The summed E-state index contributed by atoms with van der Waals surface area (Å²) in [5.41, 5.74) is 4.21. The zero-order valence-electron chi connectivity index (χ0n) is 12.4. The van der Waals surface area contributed by atoms with Gasteiger partial charge in [0.2, 0.25) is 5.91 Å². The number of anilines is 2. The topological polar surface area (TPSA) is 58.2 Å². The number of hydrogen-bond acceptors (Lipinski definition) is 3. The van der Waals surface area contributed by atoms with E-state index in [-0.39, 0.29) is 11.8 Å². The van der Waals surface area contributed by atoms with Crippen molar-refractivity contribution >= 4 is 35.0 Å². The molecule has 0 fully saturated rings. The van der Waals surface area contributed by atoms with E-state index in [4.69, 9.17) is 0 Å². The Morgan fingerprint density at radius 2 is 1.86 bits per heavy atom. The van der Waals surface area contributed by atoms with E-state index in [1.54, 1.807) is 12.1 Å². The van der Waals surface area contributed by atoms with Crippen molar-refractivity contribution in [2.45, 2.75) is 18.7 Å². The summed E-state index contributed by atoms with van der Waals surface area (Å²) in [7, 11) is 0. The Kier molecular flexibility index (Phi) is 3.90. The molecule has 22 heavy (non-hydrogen) atoms. The van der Waals surface area contributed by atoms with Crippen molar-refractivity contribution in [2.24, 2.45) is 0 Å². The van der Waals surface area contributed by atoms with Crippen molar-refractivity contribution in [1.29, 1.82) is 0 Å². The molecule has 4 nitrogen and oxygen atoms in total. The Balaban J connectivity index is 1.83. The highest BCUT2D eigenvalue weighted by molar-refractivity contribution is 8.00. The first-order chi connectivity index (χ1) is 10.5. The number of rotatable bonds is 2. The van der Waals surface area contributed by atoms with Gasteiger partial charge in [-0.1, -0.05) is 6.07 Å². The molecule has 0 radical (unpaired) electrons. The second-order valence-corrected chi connectivity index (χ2v) is 6.40. The average Bonchev–Trinajstić information content (AvgIpc) is 2.45. The predicted octanol–water partition coefficient (Wildman–Crippen LogP) is 3.60. The molecule has 0 spiro atoms. The Bertz CT molecular complexity index is 751. The quantitative estimate of drug-likeness (QED) is 0.891. The summed E-state index contributed by atoms with van der Waals surface area (Å²) in [5.74, 6) is 0.197. The monoisotopic (exact) mass is 312 g/mol. The van der Waals surface area contributed by atoms with E-state index in [1.807, 2.05) is 32.0 Å². The van der Waals surface area contributed by atoms with Gasteiger partial charge in [0, 0.05) is 16.1 Å². The van der Waals surface area contributed by atoms with Gasteiger partial charge in [-0.25, -0.2) is 0 Å². The highest BCUT2D eigenvalue weighted by Crippen LogP contribution is 2.32. The molecule has 0 saturated carbocycles. The molecule has 0 saturated heterocycles. The minimum Gasteiger partial charge on any atom is -0.324 e. The van der Waals surface area contributed by atoms with Crippen molar-refractivity contribution < 1.29 is 9.59 Å². The van der Waals surface area contributed by atoms with Crippen LogP contribution in [-0.4, -0.2) is 17.6 Å². The van der Waals surface area contributed by atoms with Gasteiger partial charge in [-0.05, 0) is 55.3 Å². The summed E-state index contributed by atoms with van der Waals surface area (Å²) < 4.78 is 0. The lowest BCUT2D eigenvalue weighted by molar-refractivity contribution is -0.113. The minimum absolute atomic E-state index is 0.0376. The molecule has 112 valence electrons. The Hall–Kier alpha value is -2.27. The van der Waals surface area contributed by atoms with Gasteiger partial charge < -0.3 is 10.6 Å². The third kappa shape index (κ3) is 3.14. The Labute approximate surface area is 133 Å². The van der Waals surface area contributed by atoms with Gasteiger partial charge in [-0.2, -0.15) is 0 Å². The van der Waals surface area contributed by atoms with Crippen LogP contribution < -0.4 is 10.6 Å². The number of carbonyl (C=O) groups excluding carboxylic acids is 2. The maximum Gasteiger partial charge on any atom is 0.255 e. The van der Waals surface area contributed by atoms with Crippen LogP contribution in [0.1, 0.15) is 21.5 Å². The van der Waals surface area contributed by atoms with Crippen LogP contribution in [0.15, 0.2) is 41.3 Å². The van der Waals surface area contributed by atoms with E-state index >= 15 is 0 Å². The van der Waals surface area contributed by atoms with Crippen LogP contribution in [0.3, 0.4) is 0 Å². The van der Waals surface area contributed by atoms with Crippen LogP contribution in [0, 0.1) is 13.8 Å². The molecule has 2 aromatic carbocycles. The second kappa shape index (κ2) is 5.85. The summed E-state index contributed by atoms with van der Waals surface area (Å²) in [5, 5.41) is 5.70. The van der Waals surface area contributed by atoms with Crippen LogP contribution in [-0.2, 0) is 4.79 Å². The number of fused-ring (bicyclic) bond motifs is 1. The lowest BCUT2D eigenvalue weighted by atomic mass is 10.1. The summed E-state index contributed by atoms with van der Waals surface area (Å²) in [6.07, 6.45) is 0. The van der Waals surface area contributed by atoms with Gasteiger partial charge in [-0.15, -0.1) is 11.8 Å². The molecule has 0 atom stereocenters. The van der Waals surface area contributed by atoms with Crippen molar-refractivity contribution in [3.63, 3.8) is 0 Å². The molecule has 2 aromatic rings. The molecule has 0 aliphatic carbocycles. The van der Waals surface area contributed by atoms with Crippen LogP contribution >= 0.6 is 11.8 Å². The number of hydrogen-bond donors (Lipinski definition) is 2. The second-order valence-electron chi connectivity index (χ2n) is 5.38. The van der Waals surface area contributed by atoms with Crippen LogP contribution in [0.4, 0.5) is 11.4 Å². The van der Waals surface area contributed by atoms with Gasteiger partial charge in [-0.3, -0.25) is 9.59 Å². The van der Waals surface area contributed by atoms with Gasteiger partial charge >= 0.3 is 0 Å². The third-order valence-corrected chi connectivity index (χ3v) is 4.43. The fourth-order valence-corrected chi connectivity index (χ4v) is 3.26. The first kappa shape index (κ1) is 14.7. The van der Waals surface area contributed by atoms with Crippen molar-refractivity contribution in [2.75, 3.05) is 16.4 Å². The molecule has 1 aliphatic rings. The summed E-state index contributed by atoms with van der Waals surface area (Å²) in [6.45, 7) is 3.99. The number of amides is 2. The fourth-order valence-electron chi connectivity index (χ4n) is 2.47. The van der Waals surface area contributed by atoms with Crippen molar-refractivity contribution in [3.8, 4) is 0 Å². The molecular formula is C17H16N2O2S. The highest BCUT2D eigenvalue weighted by atomic mass is 32.2. The van der Waals surface area contributed by atoms with E-state index in [1.165, 1.54) is 11.8 Å². The molecule has 1 aliphatic heterocycles. The van der Waals surface area contributed by atoms with Crippen molar-refractivity contribution in [3.05, 3.63) is 53.1 Å². The zero-order valence-corrected chi connectivity index (χ0v) is 13.2. The van der Waals surface area contributed by atoms with E-state index in [9.17, 15) is 9.59 Å². The lowest BCUT2D eigenvalue weighted by Gasteiger charge is -2.17. The molecule has 3 rings (SSSR count). The number of benzene rings is 2. The summed E-state index contributed by atoms with van der Waals surface area (Å²) in [4.78, 5) is 24.8. The van der Waals surface area contributed by atoms with E-state index < -0.39 is 0 Å². The zero-order chi connectivity index (χ0) is 15.7. The van der Waals surface area contributed by atoms with Gasteiger partial charge in [0.25, 0.3) is 5.91 Å². The van der Waals surface area contributed by atoms with E-state index in [0.29, 0.717) is 17.0 Å². The molecule has 2 amide bonds. The number of carbonyl (C=O) groups is 2. The number of thioether (sulfide) groups is 1. The number of nitrogens with one attached hydrogen (secondary N) is 2. The van der Waals surface area contributed by atoms with Crippen LogP contribution in [0.2, 0.25) is 0 Å². The van der Waals surface area contributed by atoms with Crippen LogP contribution in [0.25, 0.3) is 0 Å². The molecule has 0 unspecified atom stereocenters. The molecular weight excluding hydrogens is 296 g/mol. The first-order valence-corrected chi connectivity index (χ1v) is 7.96. The smallest absolute Gasteiger partial charge is 0.255 e. The maximum atomic E-state index is 12.4. The molecule has 0 bridgehead atoms. The lowest BCUT2D eigenvalue weighted by Crippen LogP contribution is -2.20. The SMILES string of the molecule is Cc1cc(C)cc(NC(=O)c2ccc3c(c2)NC(=O)CS3)c1. The normalized spacial score (nSPS) is 13.3.